The molecule has 6 nitrogen and oxygen atoms in total. The molecule has 2 heterocycles. The van der Waals surface area contributed by atoms with Crippen LogP contribution in [0.25, 0.3) is 11.3 Å². The smallest absolute Gasteiger partial charge is 0.231 e. The molecule has 1 aromatic carbocycles. The van der Waals surface area contributed by atoms with Crippen LogP contribution in [0.3, 0.4) is 0 Å². The van der Waals surface area contributed by atoms with Crippen LogP contribution in [0.1, 0.15) is 31.0 Å². The molecule has 0 radical (unpaired) electrons. The zero-order valence-electron chi connectivity index (χ0n) is 15.6. The number of benzene rings is 1. The van der Waals surface area contributed by atoms with E-state index in [9.17, 15) is 18.7 Å². The second-order valence-corrected chi connectivity index (χ2v) is 8.27. The standard InChI is InChI=1S/C20H20ClF2N3O3/c1-19(18(25)27)8-29-17-11(19)5-15(20(28,7-24)9-2-3-9)26-16(17)10-4-12(21)14(23)6-13(10)22/h4-6,9,28H,2-3,7-8,24H2,1H3,(H2,25,27)/t19-,20?/m0/s1. The van der Waals surface area contributed by atoms with Gasteiger partial charge >= 0.3 is 0 Å². The second kappa shape index (κ2) is 6.62. The van der Waals surface area contributed by atoms with Gasteiger partial charge in [-0.25, -0.2) is 13.8 Å². The van der Waals surface area contributed by atoms with E-state index in [2.05, 4.69) is 4.98 Å². The van der Waals surface area contributed by atoms with Gasteiger partial charge in [0.1, 0.15) is 40.7 Å². The molecule has 2 aliphatic rings. The van der Waals surface area contributed by atoms with E-state index in [-0.39, 0.29) is 46.8 Å². The fourth-order valence-corrected chi connectivity index (χ4v) is 3.90. The Hall–Kier alpha value is -2.29. The van der Waals surface area contributed by atoms with Crippen LogP contribution in [0.5, 0.6) is 5.75 Å². The highest BCUT2D eigenvalue weighted by molar-refractivity contribution is 6.31. The summed E-state index contributed by atoms with van der Waals surface area (Å²) in [5.41, 5.74) is 9.26. The zero-order valence-corrected chi connectivity index (χ0v) is 16.4. The van der Waals surface area contributed by atoms with Crippen molar-refractivity contribution in [2.45, 2.75) is 30.8 Å². The summed E-state index contributed by atoms with van der Waals surface area (Å²) in [6.07, 6.45) is 1.53. The highest BCUT2D eigenvalue weighted by atomic mass is 35.5. The summed E-state index contributed by atoms with van der Waals surface area (Å²) in [5, 5.41) is 10.9. The van der Waals surface area contributed by atoms with Gasteiger partial charge in [-0.2, -0.15) is 0 Å². The van der Waals surface area contributed by atoms with Crippen molar-refractivity contribution in [2.24, 2.45) is 17.4 Å². The summed E-state index contributed by atoms with van der Waals surface area (Å²) in [5.74, 6) is -2.42. The molecule has 1 aliphatic carbocycles. The molecule has 0 bridgehead atoms. The molecule has 5 N–H and O–H groups in total. The Morgan fingerprint density at radius 3 is 2.66 bits per heavy atom. The van der Waals surface area contributed by atoms with Gasteiger partial charge in [0.15, 0.2) is 0 Å². The molecule has 1 fully saturated rings. The van der Waals surface area contributed by atoms with E-state index in [1.54, 1.807) is 13.0 Å². The van der Waals surface area contributed by atoms with Crippen LogP contribution in [0.15, 0.2) is 18.2 Å². The minimum Gasteiger partial charge on any atom is -0.489 e. The highest BCUT2D eigenvalue weighted by Gasteiger charge is 2.49. The number of rotatable bonds is 5. The number of carbonyl (C=O) groups excluding carboxylic acids is 1. The average Bonchev–Trinajstić information content (AvgIpc) is 3.48. The van der Waals surface area contributed by atoms with Crippen molar-refractivity contribution in [3.63, 3.8) is 0 Å². The van der Waals surface area contributed by atoms with E-state index in [4.69, 9.17) is 27.8 Å². The molecule has 29 heavy (non-hydrogen) atoms. The number of primary amides is 1. The number of carbonyl (C=O) groups is 1. The van der Waals surface area contributed by atoms with Crippen LogP contribution in [0.2, 0.25) is 5.02 Å². The molecule has 1 aliphatic heterocycles. The lowest BCUT2D eigenvalue weighted by molar-refractivity contribution is -0.123. The largest absolute Gasteiger partial charge is 0.489 e. The Labute approximate surface area is 170 Å². The summed E-state index contributed by atoms with van der Waals surface area (Å²) in [4.78, 5) is 16.6. The number of aromatic nitrogens is 1. The van der Waals surface area contributed by atoms with Gasteiger partial charge in [-0.1, -0.05) is 11.6 Å². The van der Waals surface area contributed by atoms with E-state index in [1.807, 2.05) is 0 Å². The minimum atomic E-state index is -1.45. The Morgan fingerprint density at radius 1 is 1.38 bits per heavy atom. The van der Waals surface area contributed by atoms with Crippen molar-refractivity contribution in [1.29, 1.82) is 0 Å². The summed E-state index contributed by atoms with van der Waals surface area (Å²) in [6.45, 7) is 1.42. The molecule has 2 aromatic rings. The maximum absolute atomic E-state index is 14.6. The van der Waals surface area contributed by atoms with Gasteiger partial charge in [-0.15, -0.1) is 0 Å². The third kappa shape index (κ3) is 2.97. The van der Waals surface area contributed by atoms with Gasteiger partial charge in [0.2, 0.25) is 5.91 Å². The molecule has 2 atom stereocenters. The maximum Gasteiger partial charge on any atom is 0.231 e. The third-order valence-corrected chi connectivity index (χ3v) is 6.18. The Morgan fingerprint density at radius 2 is 2.07 bits per heavy atom. The number of amides is 1. The number of nitrogens with two attached hydrogens (primary N) is 2. The number of ether oxygens (including phenoxy) is 1. The molecule has 1 unspecified atom stereocenters. The summed E-state index contributed by atoms with van der Waals surface area (Å²) in [6, 6.07) is 3.29. The number of nitrogens with zero attached hydrogens (tertiary/aromatic N) is 1. The molecule has 4 rings (SSSR count). The summed E-state index contributed by atoms with van der Waals surface area (Å²) >= 11 is 5.86. The van der Waals surface area contributed by atoms with Crippen LogP contribution >= 0.6 is 11.6 Å². The first kappa shape index (κ1) is 20.0. The van der Waals surface area contributed by atoms with Gasteiger partial charge < -0.3 is 21.3 Å². The lowest BCUT2D eigenvalue weighted by Gasteiger charge is -2.28. The Balaban J connectivity index is 2.02. The maximum atomic E-state index is 14.6. The summed E-state index contributed by atoms with van der Waals surface area (Å²) in [7, 11) is 0. The molecular weight excluding hydrogens is 404 g/mol. The topological polar surface area (TPSA) is 111 Å². The van der Waals surface area contributed by atoms with E-state index >= 15 is 0 Å². The van der Waals surface area contributed by atoms with Crippen molar-refractivity contribution in [1.82, 2.24) is 4.98 Å². The number of aliphatic hydroxyl groups is 1. The summed E-state index contributed by atoms with van der Waals surface area (Å²) < 4.78 is 34.0. The van der Waals surface area contributed by atoms with Crippen LogP contribution in [-0.2, 0) is 15.8 Å². The molecule has 1 saturated carbocycles. The van der Waals surface area contributed by atoms with Gasteiger partial charge in [0, 0.05) is 23.7 Å². The third-order valence-electron chi connectivity index (χ3n) is 5.89. The molecule has 0 spiro atoms. The van der Waals surface area contributed by atoms with Crippen LogP contribution in [0, 0.1) is 17.6 Å². The van der Waals surface area contributed by atoms with Gasteiger partial charge in [0.25, 0.3) is 0 Å². The van der Waals surface area contributed by atoms with Crippen LogP contribution in [-0.4, -0.2) is 29.1 Å². The first-order valence-electron chi connectivity index (χ1n) is 9.18. The van der Waals surface area contributed by atoms with Crippen LogP contribution < -0.4 is 16.2 Å². The number of halogens is 3. The van der Waals surface area contributed by atoms with Gasteiger partial charge in [-0.05, 0) is 37.8 Å². The van der Waals surface area contributed by atoms with Crippen molar-refractivity contribution < 1.29 is 23.4 Å². The van der Waals surface area contributed by atoms with Crippen molar-refractivity contribution in [2.75, 3.05) is 13.2 Å². The number of pyridine rings is 1. The van der Waals surface area contributed by atoms with Crippen LogP contribution in [0.4, 0.5) is 8.78 Å². The SMILES string of the molecule is C[C@]1(C(N)=O)COc2c1cc(C(O)(CN)C1CC1)nc2-c1cc(Cl)c(F)cc1F. The predicted molar refractivity (Wildman–Crippen MR) is 102 cm³/mol. The minimum absolute atomic E-state index is 0.00870. The van der Waals surface area contributed by atoms with E-state index in [1.165, 1.54) is 0 Å². The number of hydrogen-bond donors (Lipinski definition) is 3. The Kier molecular flexibility index (Phi) is 4.56. The lowest BCUT2D eigenvalue weighted by Crippen LogP contribution is -2.41. The van der Waals surface area contributed by atoms with E-state index in [0.29, 0.717) is 11.6 Å². The quantitative estimate of drug-likeness (QED) is 0.639. The van der Waals surface area contributed by atoms with Crippen molar-refractivity contribution in [3.05, 3.63) is 46.1 Å². The molecule has 154 valence electrons. The fraction of sp³-hybridized carbons (Fsp3) is 0.400. The van der Waals surface area contributed by atoms with E-state index in [0.717, 1.165) is 18.9 Å². The number of hydrogen-bond acceptors (Lipinski definition) is 5. The van der Waals surface area contributed by atoms with E-state index < -0.39 is 28.6 Å². The first-order valence-corrected chi connectivity index (χ1v) is 9.55. The van der Waals surface area contributed by atoms with Crippen molar-refractivity contribution in [3.8, 4) is 17.0 Å². The molecular formula is C20H20ClF2N3O3. The van der Waals surface area contributed by atoms with Gasteiger partial charge in [0.05, 0.1) is 10.7 Å². The normalized spacial score (nSPS) is 22.7. The average molecular weight is 424 g/mol. The molecule has 9 heteroatoms. The fourth-order valence-electron chi connectivity index (χ4n) is 3.74. The molecule has 1 amide bonds. The molecule has 0 saturated heterocycles. The van der Waals surface area contributed by atoms with Crippen molar-refractivity contribution >= 4 is 17.5 Å². The Bertz CT molecular complexity index is 1030. The highest BCUT2D eigenvalue weighted by Crippen LogP contribution is 2.50. The predicted octanol–water partition coefficient (Wildman–Crippen LogP) is 2.37. The lowest BCUT2D eigenvalue weighted by atomic mass is 9.81. The number of fused-ring (bicyclic) bond motifs is 1. The second-order valence-electron chi connectivity index (χ2n) is 7.87. The van der Waals surface area contributed by atoms with Gasteiger partial charge in [-0.3, -0.25) is 4.79 Å². The first-order chi connectivity index (χ1) is 13.6. The zero-order chi connectivity index (χ0) is 21.1. The monoisotopic (exact) mass is 423 g/mol. The molecule has 1 aromatic heterocycles.